The number of hydrogen-bond acceptors (Lipinski definition) is 3. The molecule has 96 valence electrons. The van der Waals surface area contributed by atoms with Crippen LogP contribution in [-0.2, 0) is 12.8 Å². The van der Waals surface area contributed by atoms with Crippen LogP contribution in [0.3, 0.4) is 0 Å². The number of nitrogens with zero attached hydrogens (tertiary/aromatic N) is 1. The highest BCUT2D eigenvalue weighted by molar-refractivity contribution is 7.09. The number of likely N-dealkylation sites (N-methyl/N-ethyl adjacent to an activating group) is 1. The van der Waals surface area contributed by atoms with E-state index >= 15 is 0 Å². The summed E-state index contributed by atoms with van der Waals surface area (Å²) in [7, 11) is 1.95. The van der Waals surface area contributed by atoms with E-state index in [4.69, 9.17) is 0 Å². The normalized spacial score (nSPS) is 12.6. The van der Waals surface area contributed by atoms with Gasteiger partial charge in [-0.05, 0) is 31.7 Å². The summed E-state index contributed by atoms with van der Waals surface area (Å²) >= 11 is 1.64. The summed E-state index contributed by atoms with van der Waals surface area (Å²) in [5, 5.41) is 6.32. The molecule has 0 saturated carbocycles. The summed E-state index contributed by atoms with van der Waals surface area (Å²) in [5.74, 6) is -0.187. The SMILES string of the molecule is CNC(C)Cc1csc(Cc2cccc(F)c2)n1. The number of nitrogens with one attached hydrogen (secondary N) is 1. The molecular weight excluding hydrogens is 247 g/mol. The number of thiazole rings is 1. The van der Waals surface area contributed by atoms with Gasteiger partial charge in [-0.25, -0.2) is 9.37 Å². The first-order chi connectivity index (χ1) is 8.67. The van der Waals surface area contributed by atoms with Crippen LogP contribution in [0, 0.1) is 5.82 Å². The van der Waals surface area contributed by atoms with Crippen LogP contribution >= 0.6 is 11.3 Å². The Morgan fingerprint density at radius 1 is 1.44 bits per heavy atom. The molecule has 4 heteroatoms. The predicted molar refractivity (Wildman–Crippen MR) is 73.5 cm³/mol. The summed E-state index contributed by atoms with van der Waals surface area (Å²) in [5.41, 5.74) is 2.07. The smallest absolute Gasteiger partial charge is 0.123 e. The summed E-state index contributed by atoms with van der Waals surface area (Å²) in [6.07, 6.45) is 1.63. The highest BCUT2D eigenvalue weighted by Crippen LogP contribution is 2.16. The zero-order chi connectivity index (χ0) is 13.0. The molecule has 18 heavy (non-hydrogen) atoms. The Morgan fingerprint density at radius 2 is 2.28 bits per heavy atom. The van der Waals surface area contributed by atoms with E-state index < -0.39 is 0 Å². The van der Waals surface area contributed by atoms with E-state index in [1.54, 1.807) is 23.5 Å². The molecule has 2 rings (SSSR count). The van der Waals surface area contributed by atoms with Gasteiger partial charge in [0.15, 0.2) is 0 Å². The van der Waals surface area contributed by atoms with Gasteiger partial charge >= 0.3 is 0 Å². The molecule has 0 bridgehead atoms. The Labute approximate surface area is 111 Å². The second-order valence-electron chi connectivity index (χ2n) is 4.43. The maximum Gasteiger partial charge on any atom is 0.123 e. The van der Waals surface area contributed by atoms with Crippen LogP contribution in [0.2, 0.25) is 0 Å². The number of benzene rings is 1. The fraction of sp³-hybridized carbons (Fsp3) is 0.357. The Hall–Kier alpha value is -1.26. The number of hydrogen-bond donors (Lipinski definition) is 1. The number of aromatic nitrogens is 1. The third-order valence-corrected chi connectivity index (χ3v) is 3.75. The predicted octanol–water partition coefficient (Wildman–Crippen LogP) is 3.02. The van der Waals surface area contributed by atoms with E-state index in [0.717, 1.165) is 22.7 Å². The molecule has 1 N–H and O–H groups in total. The van der Waals surface area contributed by atoms with Crippen molar-refractivity contribution in [2.45, 2.75) is 25.8 Å². The zero-order valence-electron chi connectivity index (χ0n) is 10.6. The molecule has 2 aromatic rings. The van der Waals surface area contributed by atoms with Crippen LogP contribution < -0.4 is 5.32 Å². The van der Waals surface area contributed by atoms with Crippen LogP contribution in [-0.4, -0.2) is 18.1 Å². The summed E-state index contributed by atoms with van der Waals surface area (Å²) in [6, 6.07) is 7.12. The second kappa shape index (κ2) is 6.07. The molecule has 1 atom stereocenters. The average molecular weight is 264 g/mol. The lowest BCUT2D eigenvalue weighted by Gasteiger charge is -2.06. The fourth-order valence-electron chi connectivity index (χ4n) is 1.76. The van der Waals surface area contributed by atoms with Gasteiger partial charge in [0.05, 0.1) is 10.7 Å². The van der Waals surface area contributed by atoms with Gasteiger partial charge in [0, 0.05) is 24.3 Å². The van der Waals surface area contributed by atoms with Crippen LogP contribution in [0.1, 0.15) is 23.2 Å². The summed E-state index contributed by atoms with van der Waals surface area (Å²) in [6.45, 7) is 2.13. The van der Waals surface area contributed by atoms with Crippen molar-refractivity contribution in [3.05, 3.63) is 51.7 Å². The lowest BCUT2D eigenvalue weighted by Crippen LogP contribution is -2.23. The Bertz CT molecular complexity index is 510. The van der Waals surface area contributed by atoms with Crippen molar-refractivity contribution in [1.29, 1.82) is 0 Å². The van der Waals surface area contributed by atoms with Crippen LogP contribution in [0.15, 0.2) is 29.6 Å². The Balaban J connectivity index is 2.02. The van der Waals surface area contributed by atoms with Gasteiger partial charge in [0.25, 0.3) is 0 Å². The lowest BCUT2D eigenvalue weighted by atomic mass is 10.1. The van der Waals surface area contributed by atoms with Gasteiger partial charge in [-0.2, -0.15) is 0 Å². The molecule has 1 aromatic heterocycles. The van der Waals surface area contributed by atoms with E-state index in [1.807, 2.05) is 13.1 Å². The minimum absolute atomic E-state index is 0.187. The van der Waals surface area contributed by atoms with Crippen molar-refractivity contribution in [3.8, 4) is 0 Å². The van der Waals surface area contributed by atoms with Crippen LogP contribution in [0.25, 0.3) is 0 Å². The molecule has 0 radical (unpaired) electrons. The average Bonchev–Trinajstić information content (AvgIpc) is 2.76. The minimum atomic E-state index is -0.187. The quantitative estimate of drug-likeness (QED) is 0.898. The second-order valence-corrected chi connectivity index (χ2v) is 5.38. The maximum absolute atomic E-state index is 13.1. The molecular formula is C14H17FN2S. The maximum atomic E-state index is 13.1. The topological polar surface area (TPSA) is 24.9 Å². The zero-order valence-corrected chi connectivity index (χ0v) is 11.4. The first-order valence-electron chi connectivity index (χ1n) is 6.02. The summed E-state index contributed by atoms with van der Waals surface area (Å²) in [4.78, 5) is 4.58. The highest BCUT2D eigenvalue weighted by atomic mass is 32.1. The molecule has 1 aromatic carbocycles. The number of halogens is 1. The first kappa shape index (κ1) is 13.2. The molecule has 1 unspecified atom stereocenters. The van der Waals surface area contributed by atoms with Gasteiger partial charge < -0.3 is 5.32 Å². The van der Waals surface area contributed by atoms with Crippen molar-refractivity contribution in [2.75, 3.05) is 7.05 Å². The Morgan fingerprint density at radius 3 is 3.00 bits per heavy atom. The first-order valence-corrected chi connectivity index (χ1v) is 6.90. The molecule has 0 saturated heterocycles. The molecule has 0 aliphatic heterocycles. The van der Waals surface area contributed by atoms with E-state index in [2.05, 4.69) is 22.6 Å². The standard InChI is InChI=1S/C14H17FN2S/c1-10(16-2)6-13-9-18-14(17-13)8-11-4-3-5-12(15)7-11/h3-5,7,9-10,16H,6,8H2,1-2H3. The molecule has 0 aliphatic rings. The van der Waals surface area contributed by atoms with E-state index in [9.17, 15) is 4.39 Å². The Kier molecular flexibility index (Phi) is 4.44. The highest BCUT2D eigenvalue weighted by Gasteiger charge is 2.06. The fourth-order valence-corrected chi connectivity index (χ4v) is 2.60. The molecule has 0 spiro atoms. The van der Waals surface area contributed by atoms with Gasteiger partial charge in [-0.1, -0.05) is 12.1 Å². The van der Waals surface area contributed by atoms with Gasteiger partial charge in [-0.15, -0.1) is 11.3 Å². The van der Waals surface area contributed by atoms with E-state index in [0.29, 0.717) is 12.5 Å². The van der Waals surface area contributed by atoms with Crippen molar-refractivity contribution in [1.82, 2.24) is 10.3 Å². The molecule has 0 fully saturated rings. The van der Waals surface area contributed by atoms with E-state index in [-0.39, 0.29) is 5.82 Å². The summed E-state index contributed by atoms with van der Waals surface area (Å²) < 4.78 is 13.1. The third-order valence-electron chi connectivity index (χ3n) is 2.85. The molecule has 0 aliphatic carbocycles. The molecule has 0 amide bonds. The molecule has 2 nitrogen and oxygen atoms in total. The third kappa shape index (κ3) is 3.62. The molecule has 1 heterocycles. The van der Waals surface area contributed by atoms with Gasteiger partial charge in [0.2, 0.25) is 0 Å². The van der Waals surface area contributed by atoms with Gasteiger partial charge in [0.1, 0.15) is 5.82 Å². The largest absolute Gasteiger partial charge is 0.317 e. The van der Waals surface area contributed by atoms with Gasteiger partial charge in [-0.3, -0.25) is 0 Å². The van der Waals surface area contributed by atoms with Crippen molar-refractivity contribution in [3.63, 3.8) is 0 Å². The monoisotopic (exact) mass is 264 g/mol. The van der Waals surface area contributed by atoms with Crippen LogP contribution in [0.4, 0.5) is 4.39 Å². The van der Waals surface area contributed by atoms with Crippen molar-refractivity contribution in [2.24, 2.45) is 0 Å². The van der Waals surface area contributed by atoms with E-state index in [1.165, 1.54) is 6.07 Å². The van der Waals surface area contributed by atoms with Crippen molar-refractivity contribution < 1.29 is 4.39 Å². The lowest BCUT2D eigenvalue weighted by molar-refractivity contribution is 0.601. The van der Waals surface area contributed by atoms with Crippen LogP contribution in [0.5, 0.6) is 0 Å². The minimum Gasteiger partial charge on any atom is -0.317 e. The van der Waals surface area contributed by atoms with Crippen molar-refractivity contribution >= 4 is 11.3 Å². The number of rotatable bonds is 5.